The van der Waals surface area contributed by atoms with Crippen LogP contribution in [-0.4, -0.2) is 7.11 Å². The van der Waals surface area contributed by atoms with E-state index in [1.54, 1.807) is 12.1 Å². The van der Waals surface area contributed by atoms with Gasteiger partial charge >= 0.3 is 0 Å². The quantitative estimate of drug-likeness (QED) is 0.766. The number of halogens is 2. The fraction of sp³-hybridized carbons (Fsp3) is 0.200. The zero-order valence-electron chi connectivity index (χ0n) is 10.5. The van der Waals surface area contributed by atoms with Gasteiger partial charge in [-0.3, -0.25) is 0 Å². The lowest BCUT2D eigenvalue weighted by molar-refractivity contribution is 0.299. The molecule has 0 amide bonds. The van der Waals surface area contributed by atoms with Gasteiger partial charge in [-0.05, 0) is 29.8 Å². The summed E-state index contributed by atoms with van der Waals surface area (Å²) in [5.74, 6) is 1.25. The highest BCUT2D eigenvalue weighted by Crippen LogP contribution is 2.20. The van der Waals surface area contributed by atoms with Crippen molar-refractivity contribution in [3.8, 4) is 11.5 Å². The number of ether oxygens (including phenoxy) is 2. The van der Waals surface area contributed by atoms with E-state index in [0.717, 1.165) is 5.56 Å². The zero-order chi connectivity index (χ0) is 13.7. The van der Waals surface area contributed by atoms with E-state index in [2.05, 4.69) is 0 Å². The maximum Gasteiger partial charge on any atom is 0.133 e. The van der Waals surface area contributed by atoms with Crippen molar-refractivity contribution in [2.75, 3.05) is 7.11 Å². The summed E-state index contributed by atoms with van der Waals surface area (Å²) >= 11 is 5.75. The van der Waals surface area contributed by atoms with Crippen molar-refractivity contribution < 1.29 is 13.9 Å². The van der Waals surface area contributed by atoms with Crippen molar-refractivity contribution in [1.29, 1.82) is 0 Å². The van der Waals surface area contributed by atoms with E-state index >= 15 is 0 Å². The van der Waals surface area contributed by atoms with Gasteiger partial charge in [-0.25, -0.2) is 4.39 Å². The number of alkyl halides is 1. The van der Waals surface area contributed by atoms with Gasteiger partial charge in [-0.15, -0.1) is 11.6 Å². The summed E-state index contributed by atoms with van der Waals surface area (Å²) in [6, 6.07) is 12.1. The molecule has 0 unspecified atom stereocenters. The molecule has 2 rings (SSSR count). The molecule has 0 aromatic heterocycles. The molecule has 0 aliphatic heterocycles. The summed E-state index contributed by atoms with van der Waals surface area (Å²) < 4.78 is 24.2. The highest BCUT2D eigenvalue weighted by atomic mass is 35.5. The van der Waals surface area contributed by atoms with Crippen molar-refractivity contribution in [3.05, 3.63) is 59.4 Å². The Morgan fingerprint density at radius 2 is 1.95 bits per heavy atom. The van der Waals surface area contributed by atoms with E-state index in [0.29, 0.717) is 22.9 Å². The molecule has 0 fully saturated rings. The fourth-order valence-corrected chi connectivity index (χ4v) is 1.82. The molecule has 19 heavy (non-hydrogen) atoms. The van der Waals surface area contributed by atoms with Gasteiger partial charge in [0.15, 0.2) is 0 Å². The lowest BCUT2D eigenvalue weighted by Gasteiger charge is -2.09. The van der Waals surface area contributed by atoms with E-state index < -0.39 is 0 Å². The molecule has 0 bridgehead atoms. The van der Waals surface area contributed by atoms with E-state index in [4.69, 9.17) is 21.1 Å². The Morgan fingerprint density at radius 1 is 1.11 bits per heavy atom. The van der Waals surface area contributed by atoms with E-state index in [9.17, 15) is 4.39 Å². The van der Waals surface area contributed by atoms with Gasteiger partial charge in [0.25, 0.3) is 0 Å². The lowest BCUT2D eigenvalue weighted by Crippen LogP contribution is -1.99. The Bertz CT molecular complexity index is 558. The molecule has 2 nitrogen and oxygen atoms in total. The summed E-state index contributed by atoms with van der Waals surface area (Å²) in [4.78, 5) is 0. The standard InChI is InChI=1S/C15H14ClFO2/c1-18-13-6-5-12(15(17)8-13)10-19-14-4-2-3-11(7-14)9-16/h2-8H,9-10H2,1H3. The predicted octanol–water partition coefficient (Wildman–Crippen LogP) is 4.15. The summed E-state index contributed by atoms with van der Waals surface area (Å²) in [5, 5.41) is 0. The van der Waals surface area contributed by atoms with Crippen molar-refractivity contribution >= 4 is 11.6 Å². The number of hydrogen-bond acceptors (Lipinski definition) is 2. The van der Waals surface area contributed by atoms with Gasteiger partial charge in [0.05, 0.1) is 7.11 Å². The zero-order valence-corrected chi connectivity index (χ0v) is 11.3. The van der Waals surface area contributed by atoms with Crippen LogP contribution < -0.4 is 9.47 Å². The van der Waals surface area contributed by atoms with Crippen molar-refractivity contribution in [1.82, 2.24) is 0 Å². The maximum absolute atomic E-state index is 13.7. The van der Waals surface area contributed by atoms with Crippen LogP contribution in [0.25, 0.3) is 0 Å². The predicted molar refractivity (Wildman–Crippen MR) is 73.3 cm³/mol. The molecular weight excluding hydrogens is 267 g/mol. The molecule has 0 aliphatic rings. The van der Waals surface area contributed by atoms with Crippen LogP contribution in [0.1, 0.15) is 11.1 Å². The summed E-state index contributed by atoms with van der Waals surface area (Å²) in [6.07, 6.45) is 0. The van der Waals surface area contributed by atoms with Crippen LogP contribution >= 0.6 is 11.6 Å². The topological polar surface area (TPSA) is 18.5 Å². The van der Waals surface area contributed by atoms with E-state index in [1.165, 1.54) is 13.2 Å². The highest BCUT2D eigenvalue weighted by molar-refractivity contribution is 6.17. The molecule has 0 atom stereocenters. The number of hydrogen-bond donors (Lipinski definition) is 0. The van der Waals surface area contributed by atoms with Crippen molar-refractivity contribution in [3.63, 3.8) is 0 Å². The largest absolute Gasteiger partial charge is 0.497 e. The third kappa shape index (κ3) is 3.61. The Hall–Kier alpha value is -1.74. The number of benzene rings is 2. The van der Waals surface area contributed by atoms with Crippen molar-refractivity contribution in [2.24, 2.45) is 0 Å². The molecule has 0 radical (unpaired) electrons. The first-order valence-electron chi connectivity index (χ1n) is 5.83. The molecule has 2 aromatic rings. The Labute approximate surface area is 116 Å². The first-order chi connectivity index (χ1) is 9.22. The Morgan fingerprint density at radius 3 is 2.63 bits per heavy atom. The number of methoxy groups -OCH3 is 1. The molecule has 4 heteroatoms. The van der Waals surface area contributed by atoms with Gasteiger partial charge in [-0.1, -0.05) is 12.1 Å². The van der Waals surface area contributed by atoms with Crippen molar-refractivity contribution in [2.45, 2.75) is 12.5 Å². The van der Waals surface area contributed by atoms with E-state index in [-0.39, 0.29) is 12.4 Å². The summed E-state index contributed by atoms with van der Waals surface area (Å²) in [6.45, 7) is 0.168. The molecule has 0 heterocycles. The third-order valence-corrected chi connectivity index (χ3v) is 3.02. The second-order valence-corrected chi connectivity index (χ2v) is 4.29. The second kappa shape index (κ2) is 6.43. The lowest BCUT2D eigenvalue weighted by atomic mass is 10.2. The smallest absolute Gasteiger partial charge is 0.133 e. The van der Waals surface area contributed by atoms with Gasteiger partial charge in [-0.2, -0.15) is 0 Å². The fourth-order valence-electron chi connectivity index (χ4n) is 1.65. The molecule has 2 aromatic carbocycles. The maximum atomic E-state index is 13.7. The average molecular weight is 281 g/mol. The second-order valence-electron chi connectivity index (χ2n) is 4.03. The molecule has 100 valence electrons. The Kier molecular flexibility index (Phi) is 4.63. The molecule has 0 aliphatic carbocycles. The van der Waals surface area contributed by atoms with Crippen LogP contribution in [-0.2, 0) is 12.5 Å². The van der Waals surface area contributed by atoms with Gasteiger partial charge in [0.1, 0.15) is 23.9 Å². The normalized spacial score (nSPS) is 10.3. The minimum absolute atomic E-state index is 0.168. The van der Waals surface area contributed by atoms with Gasteiger partial charge in [0.2, 0.25) is 0 Å². The third-order valence-electron chi connectivity index (χ3n) is 2.71. The van der Waals surface area contributed by atoms with Crippen LogP contribution in [0.4, 0.5) is 4.39 Å². The SMILES string of the molecule is COc1ccc(COc2cccc(CCl)c2)c(F)c1. The van der Waals surface area contributed by atoms with Gasteiger partial charge < -0.3 is 9.47 Å². The minimum atomic E-state index is -0.340. The molecular formula is C15H14ClFO2. The first kappa shape index (κ1) is 13.7. The van der Waals surface area contributed by atoms with Crippen LogP contribution in [0.15, 0.2) is 42.5 Å². The van der Waals surface area contributed by atoms with Crippen LogP contribution in [0.5, 0.6) is 11.5 Å². The summed E-state index contributed by atoms with van der Waals surface area (Å²) in [5.41, 5.74) is 1.45. The van der Waals surface area contributed by atoms with Crippen LogP contribution in [0.2, 0.25) is 0 Å². The van der Waals surface area contributed by atoms with Gasteiger partial charge in [0, 0.05) is 17.5 Å². The van der Waals surface area contributed by atoms with Crippen LogP contribution in [0.3, 0.4) is 0 Å². The molecule has 0 saturated carbocycles. The first-order valence-corrected chi connectivity index (χ1v) is 6.36. The molecule has 0 spiro atoms. The monoisotopic (exact) mass is 280 g/mol. The van der Waals surface area contributed by atoms with Crippen LogP contribution in [0, 0.1) is 5.82 Å². The summed E-state index contributed by atoms with van der Waals surface area (Å²) in [7, 11) is 1.50. The highest BCUT2D eigenvalue weighted by Gasteiger charge is 2.05. The van der Waals surface area contributed by atoms with E-state index in [1.807, 2.05) is 24.3 Å². The number of rotatable bonds is 5. The molecule has 0 N–H and O–H groups in total. The Balaban J connectivity index is 2.05. The minimum Gasteiger partial charge on any atom is -0.497 e. The molecule has 0 saturated heterocycles. The average Bonchev–Trinajstić information content (AvgIpc) is 2.46.